The largest absolute Gasteiger partial charge is 0.494 e. The summed E-state index contributed by atoms with van der Waals surface area (Å²) in [6.07, 6.45) is 3.10. The molecule has 0 fully saturated rings. The van der Waals surface area contributed by atoms with Crippen molar-refractivity contribution in [2.24, 2.45) is 0 Å². The van der Waals surface area contributed by atoms with Crippen LogP contribution in [0.1, 0.15) is 68.9 Å². The van der Waals surface area contributed by atoms with Crippen molar-refractivity contribution in [3.63, 3.8) is 0 Å². The first kappa shape index (κ1) is 25.5. The Bertz CT molecular complexity index is 1250. The number of ether oxygens (including phenoxy) is 1. The van der Waals surface area contributed by atoms with Gasteiger partial charge in [0.15, 0.2) is 0 Å². The molecule has 0 bridgehead atoms. The van der Waals surface area contributed by atoms with Crippen LogP contribution >= 0.6 is 0 Å². The fraction of sp³-hybridized carbons (Fsp3) is 0.355. The van der Waals surface area contributed by atoms with Crippen LogP contribution in [0, 0.1) is 0 Å². The maximum atomic E-state index is 12.7. The van der Waals surface area contributed by atoms with Crippen molar-refractivity contribution in [3.8, 4) is 5.75 Å². The summed E-state index contributed by atoms with van der Waals surface area (Å²) in [5, 5.41) is 3.16. The molecule has 1 unspecified atom stereocenters. The van der Waals surface area contributed by atoms with Gasteiger partial charge in [0.25, 0.3) is 0 Å². The SMILES string of the molecule is CC(C)c1ccc(OCCCCn2c(C(C)NC(=O)CCc3ccccc3)nc3ccccc32)cc1. The summed E-state index contributed by atoms with van der Waals surface area (Å²) in [4.78, 5) is 17.5. The van der Waals surface area contributed by atoms with Crippen molar-refractivity contribution in [2.45, 2.75) is 65.0 Å². The van der Waals surface area contributed by atoms with Crippen LogP contribution in [-0.2, 0) is 17.8 Å². The van der Waals surface area contributed by atoms with Crippen LogP contribution in [0.4, 0.5) is 0 Å². The van der Waals surface area contributed by atoms with E-state index in [9.17, 15) is 4.79 Å². The third kappa shape index (κ3) is 6.75. The molecule has 1 amide bonds. The molecule has 1 heterocycles. The zero-order valence-corrected chi connectivity index (χ0v) is 21.6. The quantitative estimate of drug-likeness (QED) is 0.225. The third-order valence-corrected chi connectivity index (χ3v) is 6.52. The average molecular weight is 484 g/mol. The second-order valence-corrected chi connectivity index (χ2v) is 9.66. The molecule has 0 spiro atoms. The molecule has 4 rings (SSSR count). The number of para-hydroxylation sites is 2. The monoisotopic (exact) mass is 483 g/mol. The molecule has 0 radical (unpaired) electrons. The summed E-state index contributed by atoms with van der Waals surface area (Å²) in [5.41, 5.74) is 4.55. The second-order valence-electron chi connectivity index (χ2n) is 9.66. The lowest BCUT2D eigenvalue weighted by Crippen LogP contribution is -2.29. The number of imidazole rings is 1. The molecule has 3 aromatic carbocycles. The molecule has 36 heavy (non-hydrogen) atoms. The van der Waals surface area contributed by atoms with Crippen molar-refractivity contribution in [3.05, 3.63) is 95.8 Å². The third-order valence-electron chi connectivity index (χ3n) is 6.52. The van der Waals surface area contributed by atoms with Crippen LogP contribution in [0.15, 0.2) is 78.9 Å². The normalized spacial score (nSPS) is 12.1. The van der Waals surface area contributed by atoms with E-state index >= 15 is 0 Å². The number of nitrogens with one attached hydrogen (secondary N) is 1. The minimum atomic E-state index is -0.170. The van der Waals surface area contributed by atoms with Gasteiger partial charge < -0.3 is 14.6 Å². The van der Waals surface area contributed by atoms with E-state index in [0.29, 0.717) is 18.9 Å². The Kier molecular flexibility index (Phi) is 8.77. The molecule has 0 aliphatic heterocycles. The fourth-order valence-corrected chi connectivity index (χ4v) is 4.45. The van der Waals surface area contributed by atoms with Crippen LogP contribution in [0.2, 0.25) is 0 Å². The van der Waals surface area contributed by atoms with E-state index in [0.717, 1.165) is 48.4 Å². The van der Waals surface area contributed by atoms with Gasteiger partial charge in [-0.25, -0.2) is 4.98 Å². The predicted octanol–water partition coefficient (Wildman–Crippen LogP) is 6.83. The lowest BCUT2D eigenvalue weighted by Gasteiger charge is -2.17. The molecular formula is C31H37N3O2. The van der Waals surface area contributed by atoms with Gasteiger partial charge in [0.1, 0.15) is 11.6 Å². The molecule has 0 saturated carbocycles. The lowest BCUT2D eigenvalue weighted by atomic mass is 10.0. The molecule has 188 valence electrons. The maximum absolute atomic E-state index is 12.7. The Balaban J connectivity index is 1.33. The minimum absolute atomic E-state index is 0.0434. The van der Waals surface area contributed by atoms with Gasteiger partial charge in [-0.05, 0) is 67.5 Å². The summed E-state index contributed by atoms with van der Waals surface area (Å²) in [6, 6.07) is 26.5. The van der Waals surface area contributed by atoms with Crippen LogP contribution in [0.5, 0.6) is 5.75 Å². The molecule has 0 aliphatic rings. The molecule has 1 atom stereocenters. The van der Waals surface area contributed by atoms with Gasteiger partial charge in [-0.3, -0.25) is 4.79 Å². The van der Waals surface area contributed by atoms with Crippen molar-refractivity contribution >= 4 is 16.9 Å². The smallest absolute Gasteiger partial charge is 0.220 e. The molecule has 0 saturated heterocycles. The van der Waals surface area contributed by atoms with E-state index in [-0.39, 0.29) is 11.9 Å². The summed E-state index contributed by atoms with van der Waals surface area (Å²) in [7, 11) is 0. The first-order valence-corrected chi connectivity index (χ1v) is 13.0. The second kappa shape index (κ2) is 12.4. The minimum Gasteiger partial charge on any atom is -0.494 e. The highest BCUT2D eigenvalue weighted by atomic mass is 16.5. The highest BCUT2D eigenvalue weighted by Gasteiger charge is 2.18. The standard InChI is InChI=1S/C31H37N3O2/c1-23(2)26-16-18-27(19-17-26)36-22-10-9-21-34-29-14-8-7-13-28(29)33-31(34)24(3)32-30(35)20-15-25-11-5-4-6-12-25/h4-8,11-14,16-19,23-24H,9-10,15,20-22H2,1-3H3,(H,32,35). The van der Waals surface area contributed by atoms with E-state index in [4.69, 9.17) is 9.72 Å². The van der Waals surface area contributed by atoms with Crippen molar-refractivity contribution in [2.75, 3.05) is 6.61 Å². The Morgan fingerprint density at radius 1 is 0.917 bits per heavy atom. The fourth-order valence-electron chi connectivity index (χ4n) is 4.45. The van der Waals surface area contributed by atoms with Gasteiger partial charge in [-0.2, -0.15) is 0 Å². The molecule has 0 aliphatic carbocycles. The highest BCUT2D eigenvalue weighted by Crippen LogP contribution is 2.22. The molecule has 1 aromatic heterocycles. The van der Waals surface area contributed by atoms with Gasteiger partial charge in [-0.15, -0.1) is 0 Å². The summed E-state index contributed by atoms with van der Waals surface area (Å²) < 4.78 is 8.20. The number of hydrogen-bond acceptors (Lipinski definition) is 3. The van der Waals surface area contributed by atoms with E-state index in [2.05, 4.69) is 66.2 Å². The maximum Gasteiger partial charge on any atom is 0.220 e. The van der Waals surface area contributed by atoms with Crippen molar-refractivity contribution in [1.82, 2.24) is 14.9 Å². The van der Waals surface area contributed by atoms with E-state index < -0.39 is 0 Å². The molecular weight excluding hydrogens is 446 g/mol. The van der Waals surface area contributed by atoms with Crippen LogP contribution in [0.3, 0.4) is 0 Å². The number of aromatic nitrogens is 2. The van der Waals surface area contributed by atoms with E-state index in [1.165, 1.54) is 11.1 Å². The number of nitrogens with zero attached hydrogens (tertiary/aromatic N) is 2. The van der Waals surface area contributed by atoms with Gasteiger partial charge in [0.05, 0.1) is 23.7 Å². The van der Waals surface area contributed by atoms with Crippen molar-refractivity contribution < 1.29 is 9.53 Å². The Morgan fingerprint density at radius 3 is 2.39 bits per heavy atom. The zero-order valence-electron chi connectivity index (χ0n) is 21.6. The molecule has 1 N–H and O–H groups in total. The number of aryl methyl sites for hydroxylation is 2. The number of fused-ring (bicyclic) bond motifs is 1. The number of hydrogen-bond donors (Lipinski definition) is 1. The van der Waals surface area contributed by atoms with Crippen LogP contribution in [0.25, 0.3) is 11.0 Å². The molecule has 5 heteroatoms. The Labute approximate surface area is 214 Å². The van der Waals surface area contributed by atoms with Crippen molar-refractivity contribution in [1.29, 1.82) is 0 Å². The van der Waals surface area contributed by atoms with Crippen LogP contribution in [-0.4, -0.2) is 22.1 Å². The lowest BCUT2D eigenvalue weighted by molar-refractivity contribution is -0.121. The van der Waals surface area contributed by atoms with E-state index in [1.807, 2.05) is 43.3 Å². The van der Waals surface area contributed by atoms with Gasteiger partial charge in [0.2, 0.25) is 5.91 Å². The number of rotatable bonds is 12. The number of amides is 1. The Hall–Kier alpha value is -3.60. The molecule has 5 nitrogen and oxygen atoms in total. The van der Waals surface area contributed by atoms with Gasteiger partial charge in [-0.1, -0.05) is 68.4 Å². The summed E-state index contributed by atoms with van der Waals surface area (Å²) in [6.45, 7) is 7.91. The summed E-state index contributed by atoms with van der Waals surface area (Å²) >= 11 is 0. The predicted molar refractivity (Wildman–Crippen MR) is 146 cm³/mol. The van der Waals surface area contributed by atoms with E-state index in [1.54, 1.807) is 0 Å². The number of carbonyl (C=O) groups is 1. The first-order valence-electron chi connectivity index (χ1n) is 13.0. The number of benzene rings is 3. The topological polar surface area (TPSA) is 56.1 Å². The number of unbranched alkanes of at least 4 members (excludes halogenated alkanes) is 1. The Morgan fingerprint density at radius 2 is 1.64 bits per heavy atom. The number of carbonyl (C=O) groups excluding carboxylic acids is 1. The summed E-state index contributed by atoms with van der Waals surface area (Å²) in [5.74, 6) is 2.38. The van der Waals surface area contributed by atoms with Gasteiger partial charge in [0, 0.05) is 13.0 Å². The average Bonchev–Trinajstić information content (AvgIpc) is 3.27. The first-order chi connectivity index (χ1) is 17.5. The van der Waals surface area contributed by atoms with Gasteiger partial charge >= 0.3 is 0 Å². The van der Waals surface area contributed by atoms with Crippen LogP contribution < -0.4 is 10.1 Å². The highest BCUT2D eigenvalue weighted by molar-refractivity contribution is 5.78. The molecule has 4 aromatic rings. The zero-order chi connectivity index (χ0) is 25.3.